The van der Waals surface area contributed by atoms with E-state index in [-0.39, 0.29) is 11.5 Å². The number of likely N-dealkylation sites (N-methyl/N-ethyl adjacent to an activating group) is 1. The first kappa shape index (κ1) is 14.9. The quantitative estimate of drug-likeness (QED) is 0.928. The number of aromatic nitrogens is 1. The number of benzene rings is 1. The Morgan fingerprint density at radius 3 is 2.65 bits per heavy atom. The van der Waals surface area contributed by atoms with Crippen molar-refractivity contribution in [2.24, 2.45) is 11.1 Å². The predicted octanol–water partition coefficient (Wildman–Crippen LogP) is 3.21. The standard InChI is InChI=1S/C17H25N3/c1-17(2,3)12-20(4)16(11-18)14-7-8-15-13(10-14)6-5-9-19-15/h5-10,16H,11-12,18H2,1-4H3. The van der Waals surface area contributed by atoms with Crippen molar-refractivity contribution >= 4 is 10.9 Å². The summed E-state index contributed by atoms with van der Waals surface area (Å²) in [6.45, 7) is 8.39. The molecule has 108 valence electrons. The normalized spacial score (nSPS) is 13.9. The average molecular weight is 271 g/mol. The number of pyridine rings is 1. The minimum atomic E-state index is 0.249. The van der Waals surface area contributed by atoms with Crippen LogP contribution in [0.5, 0.6) is 0 Å². The summed E-state index contributed by atoms with van der Waals surface area (Å²) in [7, 11) is 2.15. The van der Waals surface area contributed by atoms with Crippen LogP contribution in [0.4, 0.5) is 0 Å². The lowest BCUT2D eigenvalue weighted by Gasteiger charge is -2.33. The molecule has 1 atom stereocenters. The number of hydrogen-bond donors (Lipinski definition) is 1. The number of rotatable bonds is 4. The van der Waals surface area contributed by atoms with Crippen LogP contribution in [0.1, 0.15) is 32.4 Å². The Morgan fingerprint density at radius 2 is 2.00 bits per heavy atom. The zero-order valence-electron chi connectivity index (χ0n) is 12.9. The van der Waals surface area contributed by atoms with Gasteiger partial charge in [-0.15, -0.1) is 0 Å². The molecule has 3 nitrogen and oxygen atoms in total. The predicted molar refractivity (Wildman–Crippen MR) is 85.6 cm³/mol. The number of nitrogens with zero attached hydrogens (tertiary/aromatic N) is 2. The maximum Gasteiger partial charge on any atom is 0.0702 e. The molecule has 0 spiro atoms. The highest BCUT2D eigenvalue weighted by Gasteiger charge is 2.21. The van der Waals surface area contributed by atoms with Crippen LogP contribution in [-0.4, -0.2) is 30.0 Å². The Kier molecular flexibility index (Phi) is 4.41. The fourth-order valence-corrected chi connectivity index (χ4v) is 2.73. The van der Waals surface area contributed by atoms with E-state index in [1.54, 1.807) is 0 Å². The molecule has 1 aromatic carbocycles. The highest BCUT2D eigenvalue weighted by atomic mass is 15.1. The summed E-state index contributed by atoms with van der Waals surface area (Å²) in [5, 5.41) is 1.17. The van der Waals surface area contributed by atoms with E-state index in [0.717, 1.165) is 12.1 Å². The van der Waals surface area contributed by atoms with Gasteiger partial charge in [0.15, 0.2) is 0 Å². The van der Waals surface area contributed by atoms with Crippen LogP contribution < -0.4 is 5.73 Å². The van der Waals surface area contributed by atoms with E-state index < -0.39 is 0 Å². The van der Waals surface area contributed by atoms with E-state index in [0.29, 0.717) is 6.54 Å². The van der Waals surface area contributed by atoms with Crippen molar-refractivity contribution in [2.45, 2.75) is 26.8 Å². The topological polar surface area (TPSA) is 42.1 Å². The van der Waals surface area contributed by atoms with Gasteiger partial charge in [0.05, 0.1) is 5.52 Å². The maximum absolute atomic E-state index is 6.01. The van der Waals surface area contributed by atoms with Crippen molar-refractivity contribution in [2.75, 3.05) is 20.1 Å². The van der Waals surface area contributed by atoms with Gasteiger partial charge in [0.1, 0.15) is 0 Å². The van der Waals surface area contributed by atoms with E-state index in [9.17, 15) is 0 Å². The summed E-state index contributed by atoms with van der Waals surface area (Å²) < 4.78 is 0. The zero-order chi connectivity index (χ0) is 14.8. The third-order valence-electron chi connectivity index (χ3n) is 3.49. The molecular formula is C17H25N3. The van der Waals surface area contributed by atoms with Crippen molar-refractivity contribution in [3.05, 3.63) is 42.1 Å². The first-order chi connectivity index (χ1) is 9.40. The van der Waals surface area contributed by atoms with Crippen LogP contribution in [0.2, 0.25) is 0 Å². The summed E-state index contributed by atoms with van der Waals surface area (Å²) in [4.78, 5) is 6.71. The molecule has 0 fully saturated rings. The van der Waals surface area contributed by atoms with Crippen LogP contribution >= 0.6 is 0 Å². The van der Waals surface area contributed by atoms with E-state index in [1.165, 1.54) is 10.9 Å². The highest BCUT2D eigenvalue weighted by molar-refractivity contribution is 5.79. The SMILES string of the molecule is CN(CC(C)(C)C)C(CN)c1ccc2ncccc2c1. The van der Waals surface area contributed by atoms with Gasteiger partial charge in [0.2, 0.25) is 0 Å². The molecule has 0 aliphatic carbocycles. The number of hydrogen-bond acceptors (Lipinski definition) is 3. The van der Waals surface area contributed by atoms with Gasteiger partial charge in [-0.05, 0) is 36.2 Å². The van der Waals surface area contributed by atoms with Crippen LogP contribution in [-0.2, 0) is 0 Å². The van der Waals surface area contributed by atoms with Crippen molar-refractivity contribution in [3.63, 3.8) is 0 Å². The molecule has 2 aromatic rings. The first-order valence-corrected chi connectivity index (χ1v) is 7.16. The third-order valence-corrected chi connectivity index (χ3v) is 3.49. The smallest absolute Gasteiger partial charge is 0.0702 e. The van der Waals surface area contributed by atoms with Gasteiger partial charge in [0, 0.05) is 30.7 Å². The van der Waals surface area contributed by atoms with Crippen LogP contribution in [0.15, 0.2) is 36.5 Å². The fraction of sp³-hybridized carbons (Fsp3) is 0.471. The first-order valence-electron chi connectivity index (χ1n) is 7.16. The monoisotopic (exact) mass is 271 g/mol. The van der Waals surface area contributed by atoms with Gasteiger partial charge < -0.3 is 5.73 Å². The van der Waals surface area contributed by atoms with Crippen molar-refractivity contribution in [3.8, 4) is 0 Å². The molecule has 1 aromatic heterocycles. The summed E-state index contributed by atoms with van der Waals surface area (Å²) in [6.07, 6.45) is 1.83. The molecule has 0 saturated carbocycles. The third kappa shape index (κ3) is 3.56. The van der Waals surface area contributed by atoms with Crippen LogP contribution in [0.25, 0.3) is 10.9 Å². The minimum Gasteiger partial charge on any atom is -0.329 e. The van der Waals surface area contributed by atoms with E-state index in [1.807, 2.05) is 12.3 Å². The fourth-order valence-electron chi connectivity index (χ4n) is 2.73. The maximum atomic E-state index is 6.01. The van der Waals surface area contributed by atoms with Gasteiger partial charge in [0.25, 0.3) is 0 Å². The second-order valence-corrected chi connectivity index (χ2v) is 6.68. The van der Waals surface area contributed by atoms with Gasteiger partial charge in [-0.2, -0.15) is 0 Å². The summed E-state index contributed by atoms with van der Waals surface area (Å²) >= 11 is 0. The van der Waals surface area contributed by atoms with Gasteiger partial charge >= 0.3 is 0 Å². The lowest BCUT2D eigenvalue weighted by Crippen LogP contribution is -2.36. The summed E-state index contributed by atoms with van der Waals surface area (Å²) in [6, 6.07) is 10.8. The molecule has 0 radical (unpaired) electrons. The number of nitrogens with two attached hydrogens (primary N) is 1. The molecule has 20 heavy (non-hydrogen) atoms. The molecular weight excluding hydrogens is 246 g/mol. The molecule has 0 aliphatic rings. The Balaban J connectivity index is 2.29. The van der Waals surface area contributed by atoms with E-state index in [2.05, 4.69) is 62.0 Å². The molecule has 2 rings (SSSR count). The average Bonchev–Trinajstić information content (AvgIpc) is 2.37. The Bertz CT molecular complexity index is 572. The van der Waals surface area contributed by atoms with Gasteiger partial charge in [-0.3, -0.25) is 9.88 Å². The Morgan fingerprint density at radius 1 is 1.25 bits per heavy atom. The molecule has 1 heterocycles. The van der Waals surface area contributed by atoms with Crippen molar-refractivity contribution < 1.29 is 0 Å². The van der Waals surface area contributed by atoms with Gasteiger partial charge in [-0.1, -0.05) is 32.9 Å². The molecule has 2 N–H and O–H groups in total. The lowest BCUT2D eigenvalue weighted by atomic mass is 9.94. The lowest BCUT2D eigenvalue weighted by molar-refractivity contribution is 0.176. The Labute approximate surface area is 121 Å². The zero-order valence-corrected chi connectivity index (χ0v) is 12.9. The summed E-state index contributed by atoms with van der Waals surface area (Å²) in [5.74, 6) is 0. The largest absolute Gasteiger partial charge is 0.329 e. The molecule has 0 saturated heterocycles. The van der Waals surface area contributed by atoms with Crippen LogP contribution in [0, 0.1) is 5.41 Å². The molecule has 0 amide bonds. The molecule has 3 heteroatoms. The second-order valence-electron chi connectivity index (χ2n) is 6.68. The minimum absolute atomic E-state index is 0.249. The molecule has 0 aliphatic heterocycles. The van der Waals surface area contributed by atoms with Crippen molar-refractivity contribution in [1.82, 2.24) is 9.88 Å². The van der Waals surface area contributed by atoms with Gasteiger partial charge in [-0.25, -0.2) is 0 Å². The highest BCUT2D eigenvalue weighted by Crippen LogP contribution is 2.25. The summed E-state index contributed by atoms with van der Waals surface area (Å²) in [5.41, 5.74) is 8.57. The van der Waals surface area contributed by atoms with Crippen molar-refractivity contribution in [1.29, 1.82) is 0 Å². The molecule has 0 bridgehead atoms. The van der Waals surface area contributed by atoms with E-state index in [4.69, 9.17) is 5.73 Å². The number of fused-ring (bicyclic) bond motifs is 1. The van der Waals surface area contributed by atoms with E-state index >= 15 is 0 Å². The second kappa shape index (κ2) is 5.90. The van der Waals surface area contributed by atoms with Crippen LogP contribution in [0.3, 0.4) is 0 Å². The molecule has 1 unspecified atom stereocenters. The Hall–Kier alpha value is -1.45.